The molecular weight excluding hydrogens is 336 g/mol. The zero-order valence-electron chi connectivity index (χ0n) is 16.2. The Bertz CT molecular complexity index is 932. The quantitative estimate of drug-likeness (QED) is 0.746. The minimum atomic E-state index is 0.344. The third kappa shape index (κ3) is 3.85. The summed E-state index contributed by atoms with van der Waals surface area (Å²) >= 11 is 0. The fourth-order valence-electron chi connectivity index (χ4n) is 3.82. The molecule has 0 saturated carbocycles. The van der Waals surface area contributed by atoms with Gasteiger partial charge in [-0.25, -0.2) is 9.97 Å². The molecule has 1 unspecified atom stereocenters. The Morgan fingerprint density at radius 2 is 2.07 bits per heavy atom. The van der Waals surface area contributed by atoms with Crippen LogP contribution in [0.25, 0.3) is 0 Å². The minimum absolute atomic E-state index is 0.344. The summed E-state index contributed by atoms with van der Waals surface area (Å²) in [6.45, 7) is 6.15. The van der Waals surface area contributed by atoms with Gasteiger partial charge in [-0.1, -0.05) is 12.1 Å². The molecule has 1 atom stereocenters. The molecule has 4 rings (SSSR count). The Balaban J connectivity index is 1.53. The predicted molar refractivity (Wildman–Crippen MR) is 107 cm³/mol. The Hall–Kier alpha value is -2.73. The fourth-order valence-corrected chi connectivity index (χ4v) is 3.82. The van der Waals surface area contributed by atoms with E-state index in [4.69, 9.17) is 4.98 Å². The van der Waals surface area contributed by atoms with Crippen LogP contribution in [0, 0.1) is 13.8 Å². The van der Waals surface area contributed by atoms with E-state index in [-0.39, 0.29) is 0 Å². The lowest BCUT2D eigenvalue weighted by molar-refractivity contribution is 0.244. The van der Waals surface area contributed by atoms with E-state index in [1.165, 1.54) is 12.0 Å². The topological polar surface area (TPSA) is 58.9 Å². The van der Waals surface area contributed by atoms with E-state index in [2.05, 4.69) is 45.6 Å². The molecule has 1 aliphatic rings. The third-order valence-electron chi connectivity index (χ3n) is 5.22. The zero-order chi connectivity index (χ0) is 18.8. The normalized spacial score (nSPS) is 17.4. The fraction of sp³-hybridized carbons (Fsp3) is 0.381. The standard InChI is InChI=1S/C21H26N6/c1-15-7-5-11-22-21(15)24-20-10-4-8-18(23-20)19-9-6-12-27(19)14-17-13-26(3)25-16(17)2/h4-5,7-8,10-11,13,19H,6,9,12,14H2,1-3H3,(H,22,23,24). The van der Waals surface area contributed by atoms with Crippen molar-refractivity contribution in [2.45, 2.75) is 39.3 Å². The molecule has 6 heteroatoms. The lowest BCUT2D eigenvalue weighted by Gasteiger charge is -2.24. The van der Waals surface area contributed by atoms with Crippen LogP contribution in [0.2, 0.25) is 0 Å². The maximum absolute atomic E-state index is 4.90. The molecule has 0 aromatic carbocycles. The molecule has 4 heterocycles. The molecular formula is C21H26N6. The largest absolute Gasteiger partial charge is 0.325 e. The zero-order valence-corrected chi connectivity index (χ0v) is 16.2. The number of pyridine rings is 2. The molecule has 140 valence electrons. The van der Waals surface area contributed by atoms with E-state index in [1.807, 2.05) is 36.9 Å². The number of anilines is 2. The van der Waals surface area contributed by atoms with Crippen molar-refractivity contribution in [3.8, 4) is 0 Å². The third-order valence-corrected chi connectivity index (χ3v) is 5.22. The van der Waals surface area contributed by atoms with Crippen LogP contribution < -0.4 is 5.32 Å². The van der Waals surface area contributed by atoms with Crippen LogP contribution in [-0.2, 0) is 13.6 Å². The van der Waals surface area contributed by atoms with Crippen molar-refractivity contribution in [2.75, 3.05) is 11.9 Å². The molecule has 1 N–H and O–H groups in total. The molecule has 0 spiro atoms. The van der Waals surface area contributed by atoms with Crippen molar-refractivity contribution in [1.29, 1.82) is 0 Å². The SMILES string of the molecule is Cc1cccnc1Nc1cccc(C2CCCN2Cc2cn(C)nc2C)n1. The molecule has 0 bridgehead atoms. The Morgan fingerprint density at radius 3 is 2.85 bits per heavy atom. The highest BCUT2D eigenvalue weighted by Crippen LogP contribution is 2.33. The van der Waals surface area contributed by atoms with Crippen molar-refractivity contribution in [2.24, 2.45) is 7.05 Å². The molecule has 3 aromatic heterocycles. The number of nitrogens with zero attached hydrogens (tertiary/aromatic N) is 5. The second-order valence-corrected chi connectivity index (χ2v) is 7.28. The Morgan fingerprint density at radius 1 is 1.19 bits per heavy atom. The van der Waals surface area contributed by atoms with Gasteiger partial charge in [0, 0.05) is 31.5 Å². The summed E-state index contributed by atoms with van der Waals surface area (Å²) in [4.78, 5) is 11.8. The summed E-state index contributed by atoms with van der Waals surface area (Å²) in [7, 11) is 1.98. The highest BCUT2D eigenvalue weighted by molar-refractivity contribution is 5.55. The van der Waals surface area contributed by atoms with Gasteiger partial charge in [0.05, 0.1) is 17.4 Å². The maximum Gasteiger partial charge on any atom is 0.134 e. The van der Waals surface area contributed by atoms with Gasteiger partial charge in [-0.3, -0.25) is 9.58 Å². The maximum atomic E-state index is 4.90. The summed E-state index contributed by atoms with van der Waals surface area (Å²) in [6, 6.07) is 10.6. The number of aryl methyl sites for hydroxylation is 3. The van der Waals surface area contributed by atoms with Crippen molar-refractivity contribution in [3.05, 3.63) is 65.2 Å². The molecule has 3 aromatic rings. The second kappa shape index (κ2) is 7.48. The molecule has 0 aliphatic carbocycles. The van der Waals surface area contributed by atoms with Gasteiger partial charge in [-0.05, 0) is 57.0 Å². The van der Waals surface area contributed by atoms with E-state index in [9.17, 15) is 0 Å². The first-order valence-electron chi connectivity index (χ1n) is 9.49. The van der Waals surface area contributed by atoms with Gasteiger partial charge >= 0.3 is 0 Å². The van der Waals surface area contributed by atoms with E-state index in [0.29, 0.717) is 6.04 Å². The first-order chi connectivity index (χ1) is 13.1. The average molecular weight is 362 g/mol. The van der Waals surface area contributed by atoms with Crippen LogP contribution in [0.5, 0.6) is 0 Å². The van der Waals surface area contributed by atoms with Crippen LogP contribution in [-0.4, -0.2) is 31.2 Å². The van der Waals surface area contributed by atoms with Gasteiger partial charge in [0.15, 0.2) is 0 Å². The summed E-state index contributed by atoms with van der Waals surface area (Å²) in [5, 5.41) is 7.84. The van der Waals surface area contributed by atoms with E-state index >= 15 is 0 Å². The lowest BCUT2D eigenvalue weighted by Crippen LogP contribution is -2.23. The van der Waals surface area contributed by atoms with Gasteiger partial charge in [0.1, 0.15) is 11.6 Å². The van der Waals surface area contributed by atoms with Crippen LogP contribution >= 0.6 is 0 Å². The highest BCUT2D eigenvalue weighted by atomic mass is 15.3. The Labute approximate surface area is 160 Å². The molecule has 1 aliphatic heterocycles. The van der Waals surface area contributed by atoms with Gasteiger partial charge < -0.3 is 5.32 Å². The summed E-state index contributed by atoms with van der Waals surface area (Å²) in [5.41, 5.74) is 4.63. The summed E-state index contributed by atoms with van der Waals surface area (Å²) in [5.74, 6) is 1.70. The number of hydrogen-bond donors (Lipinski definition) is 1. The van der Waals surface area contributed by atoms with E-state index < -0.39 is 0 Å². The lowest BCUT2D eigenvalue weighted by atomic mass is 10.1. The van der Waals surface area contributed by atoms with Crippen molar-refractivity contribution in [1.82, 2.24) is 24.6 Å². The van der Waals surface area contributed by atoms with Crippen molar-refractivity contribution < 1.29 is 0 Å². The van der Waals surface area contributed by atoms with Gasteiger partial charge in [0.25, 0.3) is 0 Å². The summed E-state index contributed by atoms with van der Waals surface area (Å²) in [6.07, 6.45) is 6.26. The summed E-state index contributed by atoms with van der Waals surface area (Å²) < 4.78 is 1.90. The van der Waals surface area contributed by atoms with Crippen LogP contribution in [0.3, 0.4) is 0 Å². The molecule has 1 fully saturated rings. The molecule has 6 nitrogen and oxygen atoms in total. The molecule has 27 heavy (non-hydrogen) atoms. The second-order valence-electron chi connectivity index (χ2n) is 7.28. The van der Waals surface area contributed by atoms with Crippen LogP contribution in [0.15, 0.2) is 42.7 Å². The average Bonchev–Trinajstić information content (AvgIpc) is 3.24. The van der Waals surface area contributed by atoms with Gasteiger partial charge in [0.2, 0.25) is 0 Å². The number of nitrogens with one attached hydrogen (secondary N) is 1. The van der Waals surface area contributed by atoms with Crippen molar-refractivity contribution in [3.63, 3.8) is 0 Å². The van der Waals surface area contributed by atoms with E-state index in [1.54, 1.807) is 6.20 Å². The molecule has 0 radical (unpaired) electrons. The molecule has 1 saturated heterocycles. The van der Waals surface area contributed by atoms with E-state index in [0.717, 1.165) is 48.1 Å². The first kappa shape index (κ1) is 17.7. The van der Waals surface area contributed by atoms with Crippen LogP contribution in [0.4, 0.5) is 11.6 Å². The minimum Gasteiger partial charge on any atom is -0.325 e. The highest BCUT2D eigenvalue weighted by Gasteiger charge is 2.28. The van der Waals surface area contributed by atoms with Gasteiger partial charge in [-0.2, -0.15) is 5.10 Å². The number of likely N-dealkylation sites (tertiary alicyclic amines) is 1. The monoisotopic (exact) mass is 362 g/mol. The predicted octanol–water partition coefficient (Wildman–Crippen LogP) is 3.91. The number of hydrogen-bond acceptors (Lipinski definition) is 5. The number of aromatic nitrogens is 4. The van der Waals surface area contributed by atoms with Crippen LogP contribution in [0.1, 0.15) is 41.4 Å². The molecule has 0 amide bonds. The number of rotatable bonds is 5. The Kier molecular flexibility index (Phi) is 4.90. The van der Waals surface area contributed by atoms with Crippen molar-refractivity contribution >= 4 is 11.6 Å². The first-order valence-corrected chi connectivity index (χ1v) is 9.49. The van der Waals surface area contributed by atoms with Gasteiger partial charge in [-0.15, -0.1) is 0 Å². The smallest absolute Gasteiger partial charge is 0.134 e.